The first-order valence-corrected chi connectivity index (χ1v) is 6.97. The van der Waals surface area contributed by atoms with Gasteiger partial charge in [-0.1, -0.05) is 18.7 Å². The predicted molar refractivity (Wildman–Crippen MR) is 73.7 cm³/mol. The summed E-state index contributed by atoms with van der Waals surface area (Å²) in [5, 5.41) is 11.0. The molecule has 0 fully saturated rings. The number of H-pyrrole nitrogens is 1. The highest BCUT2D eigenvalue weighted by molar-refractivity contribution is 7.98. The van der Waals surface area contributed by atoms with Gasteiger partial charge < -0.3 is 5.32 Å². The van der Waals surface area contributed by atoms with E-state index in [1.807, 2.05) is 19.2 Å². The summed E-state index contributed by atoms with van der Waals surface area (Å²) in [6.45, 7) is 4.98. The van der Waals surface area contributed by atoms with E-state index >= 15 is 0 Å². The molecule has 5 nitrogen and oxygen atoms in total. The SMILES string of the molecule is CCCNc1cc(CSc2n[nH]c(C)n2)ccn1. The van der Waals surface area contributed by atoms with Crippen LogP contribution in [0.15, 0.2) is 23.5 Å². The molecule has 0 unspecified atom stereocenters. The third kappa shape index (κ3) is 3.73. The predicted octanol–water partition coefficient (Wildman–Crippen LogP) is 2.62. The van der Waals surface area contributed by atoms with Crippen molar-refractivity contribution in [1.29, 1.82) is 0 Å². The van der Waals surface area contributed by atoms with Gasteiger partial charge in [0.15, 0.2) is 0 Å². The Balaban J connectivity index is 1.92. The molecule has 0 saturated carbocycles. The third-order valence-corrected chi connectivity index (χ3v) is 3.24. The van der Waals surface area contributed by atoms with Crippen LogP contribution in [0.25, 0.3) is 0 Å². The first-order chi connectivity index (χ1) is 8.78. The molecule has 2 heterocycles. The Morgan fingerprint density at radius 3 is 3.06 bits per heavy atom. The minimum Gasteiger partial charge on any atom is -0.370 e. The molecule has 0 saturated heterocycles. The standard InChI is InChI=1S/C12H17N5S/c1-3-5-13-11-7-10(4-6-14-11)8-18-12-15-9(2)16-17-12/h4,6-7H,3,5,8H2,1-2H3,(H,13,14)(H,15,16,17). The number of nitrogens with one attached hydrogen (secondary N) is 2. The van der Waals surface area contributed by atoms with E-state index in [9.17, 15) is 0 Å². The zero-order valence-corrected chi connectivity index (χ0v) is 11.4. The van der Waals surface area contributed by atoms with Crippen LogP contribution in [0.3, 0.4) is 0 Å². The molecule has 0 amide bonds. The summed E-state index contributed by atoms with van der Waals surface area (Å²) in [6.07, 6.45) is 2.92. The highest BCUT2D eigenvalue weighted by Gasteiger charge is 2.02. The topological polar surface area (TPSA) is 66.5 Å². The van der Waals surface area contributed by atoms with Crippen LogP contribution in [-0.2, 0) is 5.75 Å². The molecule has 2 aromatic heterocycles. The van der Waals surface area contributed by atoms with Crippen molar-refractivity contribution < 1.29 is 0 Å². The largest absolute Gasteiger partial charge is 0.370 e. The van der Waals surface area contributed by atoms with Gasteiger partial charge in [0.25, 0.3) is 0 Å². The Kier molecular flexibility index (Phi) is 4.58. The highest BCUT2D eigenvalue weighted by atomic mass is 32.2. The number of aromatic amines is 1. The van der Waals surface area contributed by atoms with Crippen molar-refractivity contribution in [2.75, 3.05) is 11.9 Å². The van der Waals surface area contributed by atoms with Gasteiger partial charge in [-0.25, -0.2) is 9.97 Å². The van der Waals surface area contributed by atoms with Crippen molar-refractivity contribution in [3.05, 3.63) is 29.7 Å². The Labute approximate surface area is 111 Å². The zero-order chi connectivity index (χ0) is 12.8. The summed E-state index contributed by atoms with van der Waals surface area (Å²) in [5.74, 6) is 2.62. The number of aryl methyl sites for hydroxylation is 1. The van der Waals surface area contributed by atoms with Gasteiger partial charge in [-0.3, -0.25) is 5.10 Å². The number of nitrogens with zero attached hydrogens (tertiary/aromatic N) is 3. The molecule has 0 aliphatic carbocycles. The van der Waals surface area contributed by atoms with Gasteiger partial charge in [-0.15, -0.1) is 5.10 Å². The first kappa shape index (κ1) is 12.9. The average Bonchev–Trinajstić information content (AvgIpc) is 2.80. The molecule has 0 aliphatic rings. The number of aromatic nitrogens is 4. The van der Waals surface area contributed by atoms with Crippen molar-refractivity contribution in [2.45, 2.75) is 31.2 Å². The second kappa shape index (κ2) is 6.39. The molecule has 0 bridgehead atoms. The Morgan fingerprint density at radius 2 is 2.33 bits per heavy atom. The molecule has 18 heavy (non-hydrogen) atoms. The quantitative estimate of drug-likeness (QED) is 0.784. The second-order valence-corrected chi connectivity index (χ2v) is 4.91. The van der Waals surface area contributed by atoms with E-state index in [2.05, 4.69) is 38.5 Å². The molecule has 0 aromatic carbocycles. The van der Waals surface area contributed by atoms with Crippen LogP contribution in [-0.4, -0.2) is 26.7 Å². The van der Waals surface area contributed by atoms with Crippen LogP contribution >= 0.6 is 11.8 Å². The smallest absolute Gasteiger partial charge is 0.208 e. The van der Waals surface area contributed by atoms with Gasteiger partial charge in [-0.05, 0) is 31.0 Å². The van der Waals surface area contributed by atoms with E-state index in [1.54, 1.807) is 11.8 Å². The zero-order valence-electron chi connectivity index (χ0n) is 10.6. The maximum absolute atomic E-state index is 4.28. The van der Waals surface area contributed by atoms with E-state index in [0.717, 1.165) is 35.5 Å². The summed E-state index contributed by atoms with van der Waals surface area (Å²) in [6, 6.07) is 4.09. The van der Waals surface area contributed by atoms with Crippen LogP contribution in [0.4, 0.5) is 5.82 Å². The molecule has 2 aromatic rings. The Bertz CT molecular complexity index is 497. The van der Waals surface area contributed by atoms with Crippen molar-refractivity contribution in [1.82, 2.24) is 20.2 Å². The van der Waals surface area contributed by atoms with Crippen LogP contribution in [0.5, 0.6) is 0 Å². The molecule has 2 N–H and O–H groups in total. The van der Waals surface area contributed by atoms with E-state index in [4.69, 9.17) is 0 Å². The van der Waals surface area contributed by atoms with Crippen molar-refractivity contribution >= 4 is 17.6 Å². The van der Waals surface area contributed by atoms with Crippen molar-refractivity contribution in [3.63, 3.8) is 0 Å². The van der Waals surface area contributed by atoms with Crippen LogP contribution < -0.4 is 5.32 Å². The summed E-state index contributed by atoms with van der Waals surface area (Å²) < 4.78 is 0. The number of hydrogen-bond donors (Lipinski definition) is 2. The molecule has 96 valence electrons. The van der Waals surface area contributed by atoms with Crippen LogP contribution in [0.2, 0.25) is 0 Å². The first-order valence-electron chi connectivity index (χ1n) is 5.98. The van der Waals surface area contributed by atoms with Crippen LogP contribution in [0, 0.1) is 6.92 Å². The monoisotopic (exact) mass is 263 g/mol. The number of thioether (sulfide) groups is 1. The van der Waals surface area contributed by atoms with E-state index in [0.29, 0.717) is 0 Å². The Morgan fingerprint density at radius 1 is 1.44 bits per heavy atom. The molecule has 6 heteroatoms. The van der Waals surface area contributed by atoms with Gasteiger partial charge in [0.2, 0.25) is 5.16 Å². The normalized spacial score (nSPS) is 10.6. The number of hydrogen-bond acceptors (Lipinski definition) is 5. The van der Waals surface area contributed by atoms with Gasteiger partial charge in [0, 0.05) is 18.5 Å². The molecular weight excluding hydrogens is 246 g/mol. The average molecular weight is 263 g/mol. The second-order valence-electron chi connectivity index (χ2n) is 3.97. The number of anilines is 1. The molecule has 0 atom stereocenters. The summed E-state index contributed by atoms with van der Waals surface area (Å²) in [4.78, 5) is 8.54. The molecular formula is C12H17N5S. The summed E-state index contributed by atoms with van der Waals surface area (Å²) >= 11 is 1.62. The number of pyridine rings is 1. The molecule has 0 aliphatic heterocycles. The lowest BCUT2D eigenvalue weighted by Crippen LogP contribution is -2.01. The Hall–Kier alpha value is -1.56. The van der Waals surface area contributed by atoms with Crippen molar-refractivity contribution in [3.8, 4) is 0 Å². The lowest BCUT2D eigenvalue weighted by atomic mass is 10.3. The molecule has 0 radical (unpaired) electrons. The highest BCUT2D eigenvalue weighted by Crippen LogP contribution is 2.19. The number of rotatable bonds is 6. The fourth-order valence-corrected chi connectivity index (χ4v) is 2.24. The lowest BCUT2D eigenvalue weighted by Gasteiger charge is -2.05. The minimum absolute atomic E-state index is 0.785. The fourth-order valence-electron chi connectivity index (χ4n) is 1.45. The van der Waals surface area contributed by atoms with Gasteiger partial charge in [-0.2, -0.15) is 0 Å². The maximum Gasteiger partial charge on any atom is 0.208 e. The van der Waals surface area contributed by atoms with Gasteiger partial charge in [0.1, 0.15) is 11.6 Å². The van der Waals surface area contributed by atoms with Crippen LogP contribution in [0.1, 0.15) is 24.7 Å². The van der Waals surface area contributed by atoms with Gasteiger partial charge in [0.05, 0.1) is 0 Å². The molecule has 0 spiro atoms. The van der Waals surface area contributed by atoms with Gasteiger partial charge >= 0.3 is 0 Å². The van der Waals surface area contributed by atoms with E-state index < -0.39 is 0 Å². The maximum atomic E-state index is 4.28. The summed E-state index contributed by atoms with van der Waals surface area (Å²) in [7, 11) is 0. The van der Waals surface area contributed by atoms with Crippen molar-refractivity contribution in [2.24, 2.45) is 0 Å². The minimum atomic E-state index is 0.785. The van der Waals surface area contributed by atoms with E-state index in [-0.39, 0.29) is 0 Å². The fraction of sp³-hybridized carbons (Fsp3) is 0.417. The van der Waals surface area contributed by atoms with E-state index in [1.165, 1.54) is 5.56 Å². The molecule has 2 rings (SSSR count). The third-order valence-electron chi connectivity index (χ3n) is 2.33. The lowest BCUT2D eigenvalue weighted by molar-refractivity contribution is 0.966. The summed E-state index contributed by atoms with van der Waals surface area (Å²) in [5.41, 5.74) is 1.22.